The summed E-state index contributed by atoms with van der Waals surface area (Å²) >= 11 is 10.9. The van der Waals surface area contributed by atoms with Crippen LogP contribution in [-0.4, -0.2) is 11.0 Å². The molecule has 22 heavy (non-hydrogen) atoms. The number of para-hydroxylation sites is 1. The highest BCUT2D eigenvalue weighted by Gasteiger charge is 2.37. The normalized spacial score (nSPS) is 17.5. The Morgan fingerprint density at radius 1 is 1.23 bits per heavy atom. The molecule has 2 aromatic rings. The fraction of sp³-hybridized carbons (Fsp3) is 0.125. The zero-order valence-electron chi connectivity index (χ0n) is 11.5. The van der Waals surface area contributed by atoms with Crippen molar-refractivity contribution in [2.45, 2.75) is 12.0 Å². The molecule has 0 saturated heterocycles. The van der Waals surface area contributed by atoms with Gasteiger partial charge in [-0.05, 0) is 41.5 Å². The molecule has 1 aliphatic rings. The van der Waals surface area contributed by atoms with Crippen molar-refractivity contribution >= 4 is 40.5 Å². The summed E-state index contributed by atoms with van der Waals surface area (Å²) in [6.45, 7) is 0. The lowest BCUT2D eigenvalue weighted by molar-refractivity contribution is -0.117. The molecule has 0 bridgehead atoms. The molecule has 2 atom stereocenters. The largest absolute Gasteiger partial charge is 0.376 e. The predicted molar refractivity (Wildman–Crippen MR) is 91.9 cm³/mol. The van der Waals surface area contributed by atoms with Gasteiger partial charge in [-0.3, -0.25) is 4.79 Å². The number of nitrogens with one attached hydrogen (secondary N) is 2. The molecule has 1 aliphatic heterocycles. The van der Waals surface area contributed by atoms with Gasteiger partial charge in [-0.1, -0.05) is 41.9 Å². The van der Waals surface area contributed by atoms with Gasteiger partial charge in [0.15, 0.2) is 5.11 Å². The molecular weight excluding hydrogens is 318 g/mol. The van der Waals surface area contributed by atoms with Crippen LogP contribution in [0.3, 0.4) is 0 Å². The van der Waals surface area contributed by atoms with Gasteiger partial charge in [-0.2, -0.15) is 0 Å². The minimum atomic E-state index is -0.404. The highest BCUT2D eigenvalue weighted by atomic mass is 35.5. The molecule has 1 amide bonds. The zero-order valence-corrected chi connectivity index (χ0v) is 13.1. The molecule has 4 N–H and O–H groups in total. The summed E-state index contributed by atoms with van der Waals surface area (Å²) in [5.41, 5.74) is 8.30. The Labute approximate surface area is 138 Å². The first-order chi connectivity index (χ1) is 10.6. The lowest BCUT2D eigenvalue weighted by Crippen LogP contribution is -2.38. The van der Waals surface area contributed by atoms with Crippen LogP contribution in [0.4, 0.5) is 5.69 Å². The summed E-state index contributed by atoms with van der Waals surface area (Å²) < 4.78 is 0. The van der Waals surface area contributed by atoms with Gasteiger partial charge in [0.2, 0.25) is 5.91 Å². The van der Waals surface area contributed by atoms with Crippen molar-refractivity contribution in [1.82, 2.24) is 5.32 Å². The van der Waals surface area contributed by atoms with Gasteiger partial charge in [0, 0.05) is 10.7 Å². The Morgan fingerprint density at radius 3 is 2.59 bits per heavy atom. The summed E-state index contributed by atoms with van der Waals surface area (Å²) in [5, 5.41) is 6.71. The molecule has 2 aromatic carbocycles. The maximum Gasteiger partial charge on any atom is 0.234 e. The number of hydrogen-bond acceptors (Lipinski definition) is 2. The molecule has 0 aliphatic carbocycles. The third-order valence-corrected chi connectivity index (χ3v) is 4.07. The summed E-state index contributed by atoms with van der Waals surface area (Å²) in [6, 6.07) is 14.6. The van der Waals surface area contributed by atoms with E-state index in [2.05, 4.69) is 10.6 Å². The van der Waals surface area contributed by atoms with Crippen molar-refractivity contribution in [3.63, 3.8) is 0 Å². The second-order valence-corrected chi connectivity index (χ2v) is 5.97. The Bertz CT molecular complexity index is 732. The number of halogens is 1. The van der Waals surface area contributed by atoms with E-state index in [1.807, 2.05) is 36.4 Å². The van der Waals surface area contributed by atoms with Crippen LogP contribution in [0.25, 0.3) is 0 Å². The van der Waals surface area contributed by atoms with Crippen molar-refractivity contribution in [1.29, 1.82) is 0 Å². The first-order valence-electron chi connectivity index (χ1n) is 6.77. The Balaban J connectivity index is 2.04. The fourth-order valence-electron chi connectivity index (χ4n) is 2.75. The molecule has 1 heterocycles. The smallest absolute Gasteiger partial charge is 0.234 e. The van der Waals surface area contributed by atoms with Crippen LogP contribution < -0.4 is 16.4 Å². The van der Waals surface area contributed by atoms with Gasteiger partial charge in [-0.15, -0.1) is 0 Å². The van der Waals surface area contributed by atoms with Crippen LogP contribution in [0.5, 0.6) is 0 Å². The monoisotopic (exact) mass is 331 g/mol. The third kappa shape index (κ3) is 2.77. The highest BCUT2D eigenvalue weighted by molar-refractivity contribution is 7.80. The van der Waals surface area contributed by atoms with Crippen molar-refractivity contribution in [2.24, 2.45) is 5.73 Å². The second kappa shape index (κ2) is 5.94. The SMILES string of the molecule is NC(=S)NC(c1ccc(Cl)cc1)C1C(=O)Nc2ccccc21. The molecule has 112 valence electrons. The van der Waals surface area contributed by atoms with Crippen molar-refractivity contribution in [2.75, 3.05) is 5.32 Å². The molecule has 0 fully saturated rings. The number of fused-ring (bicyclic) bond motifs is 1. The number of thiocarbonyl (C=S) groups is 1. The number of anilines is 1. The van der Waals surface area contributed by atoms with Crippen molar-refractivity contribution in [3.8, 4) is 0 Å². The van der Waals surface area contributed by atoms with E-state index < -0.39 is 5.92 Å². The van der Waals surface area contributed by atoms with E-state index in [0.717, 1.165) is 16.8 Å². The van der Waals surface area contributed by atoms with Gasteiger partial charge in [0.1, 0.15) is 0 Å². The minimum Gasteiger partial charge on any atom is -0.376 e. The van der Waals surface area contributed by atoms with E-state index in [1.165, 1.54) is 0 Å². The molecular formula is C16H14ClN3OS. The van der Waals surface area contributed by atoms with Gasteiger partial charge in [0.25, 0.3) is 0 Å². The fourth-order valence-corrected chi connectivity index (χ4v) is 3.00. The number of rotatable bonds is 3. The number of nitrogens with two attached hydrogens (primary N) is 1. The summed E-state index contributed by atoms with van der Waals surface area (Å²) in [4.78, 5) is 12.4. The van der Waals surface area contributed by atoms with Gasteiger partial charge in [0.05, 0.1) is 12.0 Å². The topological polar surface area (TPSA) is 67.1 Å². The first kappa shape index (κ1) is 14.8. The highest BCUT2D eigenvalue weighted by Crippen LogP contribution is 2.40. The maximum absolute atomic E-state index is 12.4. The third-order valence-electron chi connectivity index (χ3n) is 3.70. The number of amides is 1. The molecule has 3 rings (SSSR count). The zero-order chi connectivity index (χ0) is 15.7. The van der Waals surface area contributed by atoms with Crippen LogP contribution in [0.15, 0.2) is 48.5 Å². The molecule has 0 aromatic heterocycles. The lowest BCUT2D eigenvalue weighted by atomic mass is 9.88. The number of carbonyl (C=O) groups is 1. The lowest BCUT2D eigenvalue weighted by Gasteiger charge is -2.24. The number of carbonyl (C=O) groups excluding carboxylic acids is 1. The van der Waals surface area contributed by atoms with Crippen molar-refractivity contribution < 1.29 is 4.79 Å². The molecule has 6 heteroatoms. The Hall–Kier alpha value is -2.11. The minimum absolute atomic E-state index is 0.0788. The number of hydrogen-bond donors (Lipinski definition) is 3. The van der Waals surface area contributed by atoms with Gasteiger partial charge < -0.3 is 16.4 Å². The molecule has 4 nitrogen and oxygen atoms in total. The first-order valence-corrected chi connectivity index (χ1v) is 7.56. The summed E-state index contributed by atoms with van der Waals surface area (Å²) in [5.74, 6) is -0.483. The molecule has 2 unspecified atom stereocenters. The molecule has 0 spiro atoms. The van der Waals surface area contributed by atoms with Gasteiger partial charge in [-0.25, -0.2) is 0 Å². The Kier molecular flexibility index (Phi) is 4.00. The van der Waals surface area contributed by atoms with Crippen molar-refractivity contribution in [3.05, 3.63) is 64.7 Å². The molecule has 0 radical (unpaired) electrons. The standard InChI is InChI=1S/C16H14ClN3OS/c17-10-7-5-9(6-8-10)14(20-16(18)22)13-11-3-1-2-4-12(11)19-15(13)21/h1-8,13-14H,(H,19,21)(H3,18,20,22). The van der Waals surface area contributed by atoms with E-state index in [1.54, 1.807) is 12.1 Å². The van der Waals surface area contributed by atoms with E-state index in [9.17, 15) is 4.79 Å². The quantitative estimate of drug-likeness (QED) is 0.756. The van der Waals surface area contributed by atoms with Crippen LogP contribution in [0.1, 0.15) is 23.1 Å². The average Bonchev–Trinajstić information content (AvgIpc) is 2.81. The van der Waals surface area contributed by atoms with E-state index in [-0.39, 0.29) is 17.1 Å². The molecule has 0 saturated carbocycles. The van der Waals surface area contributed by atoms with E-state index in [0.29, 0.717) is 5.02 Å². The van der Waals surface area contributed by atoms with E-state index in [4.69, 9.17) is 29.6 Å². The van der Waals surface area contributed by atoms with Crippen LogP contribution in [0, 0.1) is 0 Å². The van der Waals surface area contributed by atoms with Crippen LogP contribution in [0.2, 0.25) is 5.02 Å². The second-order valence-electron chi connectivity index (χ2n) is 5.09. The Morgan fingerprint density at radius 2 is 1.91 bits per heavy atom. The van der Waals surface area contributed by atoms with E-state index >= 15 is 0 Å². The van der Waals surface area contributed by atoms with Gasteiger partial charge >= 0.3 is 0 Å². The summed E-state index contributed by atoms with van der Waals surface area (Å²) in [6.07, 6.45) is 0. The maximum atomic E-state index is 12.4. The predicted octanol–water partition coefficient (Wildman–Crippen LogP) is 2.95. The summed E-state index contributed by atoms with van der Waals surface area (Å²) in [7, 11) is 0. The average molecular weight is 332 g/mol. The van der Waals surface area contributed by atoms with Crippen LogP contribution in [-0.2, 0) is 4.79 Å². The van der Waals surface area contributed by atoms with Crippen LogP contribution >= 0.6 is 23.8 Å². The number of benzene rings is 2.